The molecule has 0 aliphatic rings. The summed E-state index contributed by atoms with van der Waals surface area (Å²) in [5, 5.41) is 3.14. The third kappa shape index (κ3) is 7.95. The van der Waals surface area contributed by atoms with E-state index in [1.807, 2.05) is 13.8 Å². The van der Waals surface area contributed by atoms with E-state index >= 15 is 0 Å². The number of halogens is 2. The predicted molar refractivity (Wildman–Crippen MR) is 153 cm³/mol. The SMILES string of the molecule is CCCNC(=O)[C@@H](C)N(Cc1ccc(F)cc1)C(=O)CN(c1ccc(OCC)cc1)S(=O)(=O)c1ccc(Cl)cc1. The fourth-order valence-corrected chi connectivity index (χ4v) is 5.44. The summed E-state index contributed by atoms with van der Waals surface area (Å²) in [4.78, 5) is 27.9. The van der Waals surface area contributed by atoms with E-state index in [0.717, 1.165) is 4.31 Å². The van der Waals surface area contributed by atoms with Crippen molar-refractivity contribution in [3.8, 4) is 5.75 Å². The molecule has 0 saturated carbocycles. The molecule has 3 aromatic carbocycles. The third-order valence-corrected chi connectivity index (χ3v) is 8.14. The van der Waals surface area contributed by atoms with Crippen LogP contribution in [0.1, 0.15) is 32.8 Å². The molecule has 2 amide bonds. The number of hydrogen-bond donors (Lipinski definition) is 1. The second-order valence-electron chi connectivity index (χ2n) is 9.01. The Hall–Kier alpha value is -3.63. The molecule has 0 saturated heterocycles. The minimum Gasteiger partial charge on any atom is -0.494 e. The molecule has 8 nitrogen and oxygen atoms in total. The van der Waals surface area contributed by atoms with Gasteiger partial charge in [-0.05, 0) is 86.5 Å². The van der Waals surface area contributed by atoms with Gasteiger partial charge in [0.2, 0.25) is 11.8 Å². The lowest BCUT2D eigenvalue weighted by atomic mass is 10.1. The second-order valence-corrected chi connectivity index (χ2v) is 11.3. The molecule has 1 atom stereocenters. The number of ether oxygens (including phenoxy) is 1. The zero-order valence-corrected chi connectivity index (χ0v) is 24.2. The Morgan fingerprint density at radius 3 is 2.17 bits per heavy atom. The average Bonchev–Trinajstić information content (AvgIpc) is 2.94. The first-order valence-corrected chi connectivity index (χ1v) is 14.7. The maximum Gasteiger partial charge on any atom is 0.264 e. The van der Waals surface area contributed by atoms with Crippen LogP contribution in [0, 0.1) is 5.82 Å². The number of carbonyl (C=O) groups is 2. The van der Waals surface area contributed by atoms with Gasteiger partial charge in [-0.15, -0.1) is 0 Å². The minimum absolute atomic E-state index is 0.0298. The van der Waals surface area contributed by atoms with E-state index in [1.165, 1.54) is 53.4 Å². The number of nitrogens with zero attached hydrogens (tertiary/aromatic N) is 2. The summed E-state index contributed by atoms with van der Waals surface area (Å²) in [7, 11) is -4.23. The highest BCUT2D eigenvalue weighted by Crippen LogP contribution is 2.27. The minimum atomic E-state index is -4.23. The molecule has 0 aromatic heterocycles. The molecule has 0 aliphatic carbocycles. The standard InChI is InChI=1S/C29H33ClFN3O5S/c1-4-18-32-29(36)21(3)33(19-22-6-10-24(31)11-7-22)28(35)20-34(25-12-14-26(15-13-25)39-5-2)40(37,38)27-16-8-23(30)9-17-27/h6-17,21H,4-5,18-20H2,1-3H3,(H,32,36)/t21-/m1/s1. The molecule has 40 heavy (non-hydrogen) atoms. The molecule has 214 valence electrons. The molecular weight excluding hydrogens is 557 g/mol. The molecule has 0 spiro atoms. The number of rotatable bonds is 13. The van der Waals surface area contributed by atoms with Crippen molar-refractivity contribution in [3.05, 3.63) is 89.2 Å². The number of amides is 2. The normalized spacial score (nSPS) is 11.9. The molecule has 0 heterocycles. The fraction of sp³-hybridized carbons (Fsp3) is 0.310. The second kappa shape index (κ2) is 14.1. The van der Waals surface area contributed by atoms with Crippen LogP contribution in [-0.2, 0) is 26.2 Å². The highest BCUT2D eigenvalue weighted by atomic mass is 35.5. The Balaban J connectivity index is 2.01. The van der Waals surface area contributed by atoms with Crippen LogP contribution in [0.4, 0.5) is 10.1 Å². The van der Waals surface area contributed by atoms with Crippen LogP contribution in [0.2, 0.25) is 5.02 Å². The molecule has 3 aromatic rings. The monoisotopic (exact) mass is 589 g/mol. The van der Waals surface area contributed by atoms with Crippen molar-refractivity contribution in [1.82, 2.24) is 10.2 Å². The van der Waals surface area contributed by atoms with Crippen molar-refractivity contribution in [2.24, 2.45) is 0 Å². The Kier molecular flexibility index (Phi) is 10.9. The number of nitrogens with one attached hydrogen (secondary N) is 1. The van der Waals surface area contributed by atoms with E-state index in [4.69, 9.17) is 16.3 Å². The Morgan fingerprint density at radius 2 is 1.60 bits per heavy atom. The van der Waals surface area contributed by atoms with E-state index < -0.39 is 34.3 Å². The summed E-state index contributed by atoms with van der Waals surface area (Å²) in [6, 6.07) is 16.6. The summed E-state index contributed by atoms with van der Waals surface area (Å²) in [5.41, 5.74) is 0.814. The quantitative estimate of drug-likeness (QED) is 0.302. The van der Waals surface area contributed by atoms with E-state index in [2.05, 4.69) is 5.32 Å². The number of benzene rings is 3. The van der Waals surface area contributed by atoms with Crippen molar-refractivity contribution in [2.45, 2.75) is 44.7 Å². The molecule has 0 bridgehead atoms. The van der Waals surface area contributed by atoms with Gasteiger partial charge in [-0.1, -0.05) is 30.7 Å². The zero-order valence-electron chi connectivity index (χ0n) is 22.6. The lowest BCUT2D eigenvalue weighted by Gasteiger charge is -2.32. The van der Waals surface area contributed by atoms with Crippen molar-refractivity contribution in [2.75, 3.05) is 24.0 Å². The van der Waals surface area contributed by atoms with Gasteiger partial charge in [-0.25, -0.2) is 12.8 Å². The zero-order chi connectivity index (χ0) is 29.3. The number of sulfonamides is 1. The van der Waals surface area contributed by atoms with Gasteiger partial charge in [0, 0.05) is 18.1 Å². The van der Waals surface area contributed by atoms with E-state index in [-0.39, 0.29) is 23.0 Å². The first-order chi connectivity index (χ1) is 19.1. The van der Waals surface area contributed by atoms with Gasteiger partial charge in [-0.2, -0.15) is 0 Å². The van der Waals surface area contributed by atoms with Gasteiger partial charge >= 0.3 is 0 Å². The van der Waals surface area contributed by atoms with Gasteiger partial charge in [0.25, 0.3) is 10.0 Å². The summed E-state index contributed by atoms with van der Waals surface area (Å²) in [6.07, 6.45) is 0.704. The van der Waals surface area contributed by atoms with Crippen LogP contribution in [-0.4, -0.2) is 50.9 Å². The average molecular weight is 590 g/mol. The van der Waals surface area contributed by atoms with Gasteiger partial charge < -0.3 is 15.0 Å². The number of hydrogen-bond acceptors (Lipinski definition) is 5. The summed E-state index contributed by atoms with van der Waals surface area (Å²) in [6.45, 7) is 5.54. The molecule has 0 fully saturated rings. The third-order valence-electron chi connectivity index (χ3n) is 6.10. The van der Waals surface area contributed by atoms with Gasteiger partial charge in [0.15, 0.2) is 0 Å². The lowest BCUT2D eigenvalue weighted by molar-refractivity contribution is -0.139. The van der Waals surface area contributed by atoms with Crippen molar-refractivity contribution in [1.29, 1.82) is 0 Å². The largest absolute Gasteiger partial charge is 0.494 e. The molecule has 1 N–H and O–H groups in total. The highest BCUT2D eigenvalue weighted by Gasteiger charge is 2.32. The summed E-state index contributed by atoms with van der Waals surface area (Å²) in [5.74, 6) is -0.896. The number of anilines is 1. The topological polar surface area (TPSA) is 96.0 Å². The van der Waals surface area contributed by atoms with Gasteiger partial charge in [0.1, 0.15) is 24.2 Å². The molecule has 11 heteroatoms. The van der Waals surface area contributed by atoms with Gasteiger partial charge in [0.05, 0.1) is 17.2 Å². The van der Waals surface area contributed by atoms with Crippen LogP contribution >= 0.6 is 11.6 Å². The summed E-state index contributed by atoms with van der Waals surface area (Å²) < 4.78 is 47.6. The molecule has 0 unspecified atom stereocenters. The molecular formula is C29H33ClFN3O5S. The van der Waals surface area contributed by atoms with Crippen molar-refractivity contribution in [3.63, 3.8) is 0 Å². The van der Waals surface area contributed by atoms with E-state index in [9.17, 15) is 22.4 Å². The van der Waals surface area contributed by atoms with Crippen LogP contribution in [0.15, 0.2) is 77.7 Å². The smallest absolute Gasteiger partial charge is 0.264 e. The number of carbonyl (C=O) groups excluding carboxylic acids is 2. The maximum atomic E-state index is 13.8. The van der Waals surface area contributed by atoms with E-state index in [0.29, 0.717) is 35.9 Å². The first-order valence-electron chi connectivity index (χ1n) is 12.9. The highest BCUT2D eigenvalue weighted by molar-refractivity contribution is 7.92. The maximum absolute atomic E-state index is 13.8. The van der Waals surface area contributed by atoms with E-state index in [1.54, 1.807) is 31.2 Å². The molecule has 0 aliphatic heterocycles. The Labute approximate surface area is 239 Å². The summed E-state index contributed by atoms with van der Waals surface area (Å²) >= 11 is 5.97. The Bertz CT molecular complexity index is 1380. The fourth-order valence-electron chi connectivity index (χ4n) is 3.90. The molecule has 0 radical (unpaired) electrons. The van der Waals surface area contributed by atoms with Crippen LogP contribution < -0.4 is 14.4 Å². The van der Waals surface area contributed by atoms with Crippen molar-refractivity contribution >= 4 is 39.1 Å². The van der Waals surface area contributed by atoms with Crippen LogP contribution in [0.5, 0.6) is 5.75 Å². The van der Waals surface area contributed by atoms with Gasteiger partial charge in [-0.3, -0.25) is 13.9 Å². The Morgan fingerprint density at radius 1 is 0.975 bits per heavy atom. The predicted octanol–water partition coefficient (Wildman–Crippen LogP) is 5.02. The molecule has 3 rings (SSSR count). The van der Waals surface area contributed by atoms with Crippen LogP contribution in [0.25, 0.3) is 0 Å². The van der Waals surface area contributed by atoms with Crippen molar-refractivity contribution < 1.29 is 27.1 Å². The van der Waals surface area contributed by atoms with Crippen LogP contribution in [0.3, 0.4) is 0 Å². The first kappa shape index (κ1) is 30.9. The lowest BCUT2D eigenvalue weighted by Crippen LogP contribution is -2.51.